The zero-order valence-electron chi connectivity index (χ0n) is 16.9. The van der Waals surface area contributed by atoms with Crippen LogP contribution in [0, 0.1) is 5.82 Å². The van der Waals surface area contributed by atoms with Crippen molar-refractivity contribution in [3.05, 3.63) is 54.0 Å². The number of rotatable bonds is 7. The number of halogens is 2. The molecule has 1 saturated heterocycles. The lowest BCUT2D eigenvalue weighted by Gasteiger charge is -2.20. The number of aliphatic imine (C=N–C) groups is 1. The fraction of sp³-hybridized carbons (Fsp3) is 0.429. The molecule has 1 aliphatic rings. The van der Waals surface area contributed by atoms with Gasteiger partial charge in [-0.3, -0.25) is 4.99 Å². The summed E-state index contributed by atoms with van der Waals surface area (Å²) in [5.41, 5.74) is 1.22. The molecule has 3 rings (SSSR count). The lowest BCUT2D eigenvalue weighted by Crippen LogP contribution is -2.44. The maximum absolute atomic E-state index is 14.0. The zero-order chi connectivity index (χ0) is 19.8. The predicted octanol–water partition coefficient (Wildman–Crippen LogP) is 3.22. The van der Waals surface area contributed by atoms with Crippen LogP contribution >= 0.6 is 24.0 Å². The van der Waals surface area contributed by atoms with Crippen LogP contribution in [-0.2, 0) is 6.42 Å². The van der Waals surface area contributed by atoms with Crippen molar-refractivity contribution in [2.45, 2.75) is 25.8 Å². The summed E-state index contributed by atoms with van der Waals surface area (Å²) in [7, 11) is 1.67. The standard InChI is InChI=1S/C21H28FN5O.HI/c1-3-23-21(25-13-10-16-6-8-18(28-2)9-7-16)26-17-11-14-27(15-17)20-19(22)5-4-12-24-20;/h4-9,12,17H,3,10-11,13-15H2,1-2H3,(H2,23,25,26);1H. The van der Waals surface area contributed by atoms with Crippen LogP contribution in [0.4, 0.5) is 10.2 Å². The van der Waals surface area contributed by atoms with E-state index >= 15 is 0 Å². The van der Waals surface area contributed by atoms with E-state index in [2.05, 4.69) is 32.7 Å². The van der Waals surface area contributed by atoms with E-state index in [1.807, 2.05) is 24.0 Å². The van der Waals surface area contributed by atoms with Gasteiger partial charge in [-0.25, -0.2) is 9.37 Å². The third-order valence-electron chi connectivity index (χ3n) is 4.74. The van der Waals surface area contributed by atoms with Crippen LogP contribution in [0.5, 0.6) is 5.75 Å². The zero-order valence-corrected chi connectivity index (χ0v) is 19.2. The topological polar surface area (TPSA) is 61.8 Å². The third kappa shape index (κ3) is 6.73. The Labute approximate surface area is 189 Å². The highest BCUT2D eigenvalue weighted by Gasteiger charge is 2.25. The van der Waals surface area contributed by atoms with E-state index in [1.54, 1.807) is 19.4 Å². The van der Waals surface area contributed by atoms with Crippen LogP contribution in [0.3, 0.4) is 0 Å². The van der Waals surface area contributed by atoms with E-state index in [1.165, 1.54) is 11.6 Å². The minimum atomic E-state index is -0.275. The molecule has 8 heteroatoms. The SMILES string of the molecule is CCNC(=NCCc1ccc(OC)cc1)NC1CCN(c2ncccc2F)C1.I. The molecule has 158 valence electrons. The van der Waals surface area contributed by atoms with Crippen LogP contribution in [0.2, 0.25) is 0 Å². The van der Waals surface area contributed by atoms with Crippen molar-refractivity contribution in [2.24, 2.45) is 4.99 Å². The molecule has 1 aromatic heterocycles. The number of nitrogens with one attached hydrogen (secondary N) is 2. The molecule has 1 fully saturated rings. The normalized spacial score (nSPS) is 16.3. The van der Waals surface area contributed by atoms with Crippen molar-refractivity contribution in [1.82, 2.24) is 15.6 Å². The number of benzene rings is 1. The van der Waals surface area contributed by atoms with Crippen LogP contribution in [0.25, 0.3) is 0 Å². The van der Waals surface area contributed by atoms with Crippen molar-refractivity contribution in [3.63, 3.8) is 0 Å². The van der Waals surface area contributed by atoms with Gasteiger partial charge in [0.2, 0.25) is 0 Å². The summed E-state index contributed by atoms with van der Waals surface area (Å²) in [4.78, 5) is 10.8. The monoisotopic (exact) mass is 513 g/mol. The molecule has 2 aromatic rings. The molecule has 1 unspecified atom stereocenters. The molecule has 0 saturated carbocycles. The number of pyridine rings is 1. The minimum Gasteiger partial charge on any atom is -0.497 e. The summed E-state index contributed by atoms with van der Waals surface area (Å²) < 4.78 is 19.1. The summed E-state index contributed by atoms with van der Waals surface area (Å²) in [6, 6.07) is 11.3. The van der Waals surface area contributed by atoms with Crippen molar-refractivity contribution in [1.29, 1.82) is 0 Å². The van der Waals surface area contributed by atoms with Gasteiger partial charge < -0.3 is 20.3 Å². The van der Waals surface area contributed by atoms with Gasteiger partial charge in [0.05, 0.1) is 7.11 Å². The van der Waals surface area contributed by atoms with Gasteiger partial charge in [0.15, 0.2) is 17.6 Å². The molecule has 0 aliphatic carbocycles. The van der Waals surface area contributed by atoms with Crippen LogP contribution in [0.15, 0.2) is 47.6 Å². The summed E-state index contributed by atoms with van der Waals surface area (Å²) in [5, 5.41) is 6.76. The molecule has 29 heavy (non-hydrogen) atoms. The summed E-state index contributed by atoms with van der Waals surface area (Å²) in [6.07, 6.45) is 3.40. The van der Waals surface area contributed by atoms with Gasteiger partial charge >= 0.3 is 0 Å². The van der Waals surface area contributed by atoms with Crippen molar-refractivity contribution < 1.29 is 9.13 Å². The Bertz CT molecular complexity index is 787. The first-order valence-electron chi connectivity index (χ1n) is 9.73. The lowest BCUT2D eigenvalue weighted by atomic mass is 10.1. The molecule has 0 spiro atoms. The van der Waals surface area contributed by atoms with Gasteiger partial charge in [-0.2, -0.15) is 0 Å². The van der Waals surface area contributed by atoms with E-state index in [0.29, 0.717) is 18.9 Å². The first kappa shape index (κ1) is 23.2. The maximum Gasteiger partial charge on any atom is 0.191 e. The molecule has 0 amide bonds. The van der Waals surface area contributed by atoms with E-state index in [0.717, 1.165) is 37.6 Å². The Balaban J connectivity index is 0.00000300. The number of anilines is 1. The maximum atomic E-state index is 14.0. The second-order valence-corrected chi connectivity index (χ2v) is 6.74. The van der Waals surface area contributed by atoms with E-state index < -0.39 is 0 Å². The Morgan fingerprint density at radius 1 is 1.31 bits per heavy atom. The molecule has 0 bridgehead atoms. The van der Waals surface area contributed by atoms with Crippen molar-refractivity contribution in [2.75, 3.05) is 38.2 Å². The average Bonchev–Trinajstić information content (AvgIpc) is 3.17. The molecule has 1 atom stereocenters. The third-order valence-corrected chi connectivity index (χ3v) is 4.74. The largest absolute Gasteiger partial charge is 0.497 e. The highest BCUT2D eigenvalue weighted by atomic mass is 127. The Hall–Kier alpha value is -2.10. The second-order valence-electron chi connectivity index (χ2n) is 6.74. The lowest BCUT2D eigenvalue weighted by molar-refractivity contribution is 0.414. The van der Waals surface area contributed by atoms with E-state index in [9.17, 15) is 4.39 Å². The first-order valence-corrected chi connectivity index (χ1v) is 9.73. The van der Waals surface area contributed by atoms with Gasteiger partial charge in [-0.05, 0) is 49.6 Å². The summed E-state index contributed by atoms with van der Waals surface area (Å²) in [6.45, 7) is 5.01. The molecule has 2 N–H and O–H groups in total. The number of hydrogen-bond acceptors (Lipinski definition) is 4. The summed E-state index contributed by atoms with van der Waals surface area (Å²) >= 11 is 0. The number of nitrogens with zero attached hydrogens (tertiary/aromatic N) is 3. The number of guanidine groups is 1. The minimum absolute atomic E-state index is 0. The van der Waals surface area contributed by atoms with E-state index in [4.69, 9.17) is 4.74 Å². The quantitative estimate of drug-likeness (QED) is 0.339. The Morgan fingerprint density at radius 3 is 2.79 bits per heavy atom. The van der Waals surface area contributed by atoms with Crippen molar-refractivity contribution >= 4 is 35.8 Å². The Morgan fingerprint density at radius 2 is 2.10 bits per heavy atom. The van der Waals surface area contributed by atoms with Gasteiger partial charge in [-0.15, -0.1) is 24.0 Å². The fourth-order valence-corrected chi connectivity index (χ4v) is 3.28. The molecule has 0 radical (unpaired) electrons. The highest BCUT2D eigenvalue weighted by Crippen LogP contribution is 2.20. The predicted molar refractivity (Wildman–Crippen MR) is 126 cm³/mol. The average molecular weight is 513 g/mol. The molecule has 6 nitrogen and oxygen atoms in total. The summed E-state index contributed by atoms with van der Waals surface area (Å²) in [5.74, 6) is 1.80. The Kier molecular flexibility index (Phi) is 9.43. The van der Waals surface area contributed by atoms with Crippen LogP contribution in [-0.4, -0.2) is 50.3 Å². The molecular weight excluding hydrogens is 484 g/mol. The molecular formula is C21H29FIN5O. The van der Waals surface area contributed by atoms with Crippen LogP contribution < -0.4 is 20.3 Å². The van der Waals surface area contributed by atoms with E-state index in [-0.39, 0.29) is 35.8 Å². The van der Waals surface area contributed by atoms with Crippen LogP contribution in [0.1, 0.15) is 18.9 Å². The van der Waals surface area contributed by atoms with Crippen molar-refractivity contribution in [3.8, 4) is 5.75 Å². The number of methoxy groups -OCH3 is 1. The highest BCUT2D eigenvalue weighted by molar-refractivity contribution is 14.0. The number of hydrogen-bond donors (Lipinski definition) is 2. The molecule has 1 aromatic carbocycles. The molecule has 2 heterocycles. The molecule has 1 aliphatic heterocycles. The smallest absolute Gasteiger partial charge is 0.191 e. The number of ether oxygens (including phenoxy) is 1. The number of aromatic nitrogens is 1. The first-order chi connectivity index (χ1) is 13.7. The second kappa shape index (κ2) is 11.8. The van der Waals surface area contributed by atoms with Gasteiger partial charge in [0.25, 0.3) is 0 Å². The fourth-order valence-electron chi connectivity index (χ4n) is 3.28. The van der Waals surface area contributed by atoms with Gasteiger partial charge in [-0.1, -0.05) is 12.1 Å². The van der Waals surface area contributed by atoms with Gasteiger partial charge in [0.1, 0.15) is 5.75 Å². The van der Waals surface area contributed by atoms with Gasteiger partial charge in [0, 0.05) is 38.4 Å².